The third kappa shape index (κ3) is 5.98. The van der Waals surface area contributed by atoms with Crippen LogP contribution in [0.4, 0.5) is 5.69 Å². The van der Waals surface area contributed by atoms with E-state index in [1.807, 2.05) is 36.1 Å². The fourth-order valence-corrected chi connectivity index (χ4v) is 5.52. The smallest absolute Gasteiger partial charge is 0.289 e. The Morgan fingerprint density at radius 2 is 1.60 bits per heavy atom. The van der Waals surface area contributed by atoms with Crippen molar-refractivity contribution in [2.45, 2.75) is 24.0 Å². The molecule has 35 heavy (non-hydrogen) atoms. The van der Waals surface area contributed by atoms with Crippen molar-refractivity contribution in [3.8, 4) is 0 Å². The summed E-state index contributed by atoms with van der Waals surface area (Å²) in [4.78, 5) is 29.5. The minimum atomic E-state index is -3.61. The van der Waals surface area contributed by atoms with Crippen LogP contribution in [-0.2, 0) is 26.8 Å². The quantitative estimate of drug-likeness (QED) is 0.515. The fourth-order valence-electron chi connectivity index (χ4n) is 4.15. The van der Waals surface area contributed by atoms with Gasteiger partial charge in [0.2, 0.25) is 5.91 Å². The molecular formula is C26H29N3O5S. The first-order chi connectivity index (χ1) is 16.9. The normalized spacial score (nSPS) is 14.6. The predicted molar refractivity (Wildman–Crippen MR) is 133 cm³/mol. The Bertz CT molecular complexity index is 1280. The van der Waals surface area contributed by atoms with Gasteiger partial charge in [-0.15, -0.1) is 0 Å². The molecule has 184 valence electrons. The Labute approximate surface area is 205 Å². The highest BCUT2D eigenvalue weighted by Crippen LogP contribution is 2.22. The minimum Gasteiger partial charge on any atom is -0.459 e. The van der Waals surface area contributed by atoms with E-state index in [4.69, 9.17) is 4.42 Å². The summed E-state index contributed by atoms with van der Waals surface area (Å²) in [7, 11) is -3.61. The molecule has 1 aliphatic rings. The van der Waals surface area contributed by atoms with Crippen LogP contribution in [0.25, 0.3) is 0 Å². The van der Waals surface area contributed by atoms with E-state index >= 15 is 0 Å². The molecule has 0 bridgehead atoms. The summed E-state index contributed by atoms with van der Waals surface area (Å²) >= 11 is 0. The molecule has 2 aromatic carbocycles. The van der Waals surface area contributed by atoms with Crippen molar-refractivity contribution < 1.29 is 22.4 Å². The maximum absolute atomic E-state index is 13.1. The second-order valence-corrected chi connectivity index (χ2v) is 10.5. The third-order valence-corrected chi connectivity index (χ3v) is 7.77. The van der Waals surface area contributed by atoms with Crippen LogP contribution in [0.5, 0.6) is 0 Å². The van der Waals surface area contributed by atoms with Crippen LogP contribution < -0.4 is 5.32 Å². The lowest BCUT2D eigenvalue weighted by atomic mass is 10.1. The summed E-state index contributed by atoms with van der Waals surface area (Å²) in [6, 6.07) is 17.4. The molecule has 2 heterocycles. The summed E-state index contributed by atoms with van der Waals surface area (Å²) in [6.07, 6.45) is 2.18. The number of para-hydroxylation sites is 1. The zero-order valence-electron chi connectivity index (χ0n) is 19.6. The molecule has 1 aromatic heterocycles. The van der Waals surface area contributed by atoms with Crippen molar-refractivity contribution >= 4 is 27.3 Å². The molecule has 0 unspecified atom stereocenters. The zero-order valence-corrected chi connectivity index (χ0v) is 20.5. The molecule has 0 aliphatic carbocycles. The van der Waals surface area contributed by atoms with E-state index in [1.54, 1.807) is 23.1 Å². The molecule has 1 saturated heterocycles. The van der Waals surface area contributed by atoms with Gasteiger partial charge in [-0.1, -0.05) is 43.3 Å². The molecular weight excluding hydrogens is 466 g/mol. The number of rotatable bonds is 8. The number of benzene rings is 2. The molecule has 0 atom stereocenters. The fraction of sp³-hybridized carbons (Fsp3) is 0.308. The number of carbonyl (C=O) groups excluding carboxylic acids is 2. The third-order valence-electron chi connectivity index (χ3n) is 6.09. The van der Waals surface area contributed by atoms with Gasteiger partial charge in [-0.2, -0.15) is 0 Å². The molecule has 1 aliphatic heterocycles. The van der Waals surface area contributed by atoms with E-state index in [0.717, 1.165) is 17.7 Å². The lowest BCUT2D eigenvalue weighted by Crippen LogP contribution is -2.50. The molecule has 9 heteroatoms. The SMILES string of the molecule is CCc1ccccc1NC(=O)CN1CCN(C(=O)c2occc2CS(=O)(=O)c2ccccc2)CC1. The van der Waals surface area contributed by atoms with Gasteiger partial charge in [0, 0.05) is 37.4 Å². The first-order valence-electron chi connectivity index (χ1n) is 11.6. The second-order valence-electron chi connectivity index (χ2n) is 8.47. The molecule has 1 N–H and O–H groups in total. The van der Waals surface area contributed by atoms with E-state index < -0.39 is 9.84 Å². The van der Waals surface area contributed by atoms with Crippen molar-refractivity contribution in [3.05, 3.63) is 83.8 Å². The molecule has 2 amide bonds. The average Bonchev–Trinajstić information content (AvgIpc) is 3.32. The van der Waals surface area contributed by atoms with Gasteiger partial charge in [-0.05, 0) is 36.2 Å². The van der Waals surface area contributed by atoms with Crippen molar-refractivity contribution in [1.82, 2.24) is 9.80 Å². The van der Waals surface area contributed by atoms with Crippen LogP contribution in [0.15, 0.2) is 76.2 Å². The molecule has 0 saturated carbocycles. The van der Waals surface area contributed by atoms with E-state index in [-0.39, 0.29) is 34.8 Å². The number of nitrogens with one attached hydrogen (secondary N) is 1. The average molecular weight is 496 g/mol. The highest BCUT2D eigenvalue weighted by Gasteiger charge is 2.28. The van der Waals surface area contributed by atoms with Gasteiger partial charge in [0.1, 0.15) is 0 Å². The standard InChI is InChI=1S/C26H29N3O5S/c1-2-20-8-6-7-11-23(20)27-24(30)18-28-13-15-29(16-14-28)26(31)25-21(12-17-34-25)19-35(32,33)22-9-4-3-5-10-22/h3-12,17H,2,13-16,18-19H2,1H3,(H,27,30). The van der Waals surface area contributed by atoms with Crippen LogP contribution in [0.3, 0.4) is 0 Å². The number of furan rings is 1. The lowest BCUT2D eigenvalue weighted by molar-refractivity contribution is -0.117. The van der Waals surface area contributed by atoms with E-state index in [0.29, 0.717) is 31.7 Å². The number of nitrogens with zero attached hydrogens (tertiary/aromatic N) is 2. The number of amides is 2. The molecule has 3 aromatic rings. The number of hydrogen-bond acceptors (Lipinski definition) is 6. The van der Waals surface area contributed by atoms with Crippen molar-refractivity contribution in [1.29, 1.82) is 0 Å². The van der Waals surface area contributed by atoms with Crippen molar-refractivity contribution in [2.75, 3.05) is 38.0 Å². The van der Waals surface area contributed by atoms with Gasteiger partial charge >= 0.3 is 0 Å². The summed E-state index contributed by atoms with van der Waals surface area (Å²) in [5.41, 5.74) is 2.25. The first kappa shape index (κ1) is 24.7. The van der Waals surface area contributed by atoms with Gasteiger partial charge in [0.25, 0.3) is 5.91 Å². The largest absolute Gasteiger partial charge is 0.459 e. The molecule has 4 rings (SSSR count). The Morgan fingerprint density at radius 3 is 2.31 bits per heavy atom. The molecule has 1 fully saturated rings. The van der Waals surface area contributed by atoms with Gasteiger partial charge in [-0.3, -0.25) is 14.5 Å². The molecule has 8 nitrogen and oxygen atoms in total. The number of hydrogen-bond donors (Lipinski definition) is 1. The summed E-state index contributed by atoms with van der Waals surface area (Å²) in [6.45, 7) is 4.19. The Hall–Kier alpha value is -3.43. The van der Waals surface area contributed by atoms with E-state index in [9.17, 15) is 18.0 Å². The Morgan fingerprint density at radius 1 is 0.914 bits per heavy atom. The number of anilines is 1. The first-order valence-corrected chi connectivity index (χ1v) is 13.3. The Kier molecular flexibility index (Phi) is 7.67. The topological polar surface area (TPSA) is 99.9 Å². The van der Waals surface area contributed by atoms with Gasteiger partial charge in [0.15, 0.2) is 15.6 Å². The number of sulfone groups is 1. The van der Waals surface area contributed by atoms with Gasteiger partial charge in [-0.25, -0.2) is 8.42 Å². The maximum atomic E-state index is 13.1. The van der Waals surface area contributed by atoms with Crippen LogP contribution >= 0.6 is 0 Å². The highest BCUT2D eigenvalue weighted by atomic mass is 32.2. The second kappa shape index (κ2) is 10.9. The molecule has 0 spiro atoms. The minimum absolute atomic E-state index is 0.0480. The van der Waals surface area contributed by atoms with E-state index in [2.05, 4.69) is 5.32 Å². The lowest BCUT2D eigenvalue weighted by Gasteiger charge is -2.34. The number of aryl methyl sites for hydroxylation is 1. The van der Waals surface area contributed by atoms with Gasteiger partial charge < -0.3 is 14.6 Å². The summed E-state index contributed by atoms with van der Waals surface area (Å²) in [5, 5.41) is 2.97. The Balaban J connectivity index is 1.33. The van der Waals surface area contributed by atoms with Crippen LogP contribution in [0, 0.1) is 0 Å². The van der Waals surface area contributed by atoms with Crippen LogP contribution in [0.2, 0.25) is 0 Å². The van der Waals surface area contributed by atoms with Crippen molar-refractivity contribution in [3.63, 3.8) is 0 Å². The molecule has 0 radical (unpaired) electrons. The van der Waals surface area contributed by atoms with Crippen LogP contribution in [0.1, 0.15) is 28.6 Å². The van der Waals surface area contributed by atoms with Crippen molar-refractivity contribution in [2.24, 2.45) is 0 Å². The van der Waals surface area contributed by atoms with Crippen LogP contribution in [-0.4, -0.2) is 62.8 Å². The predicted octanol–water partition coefficient (Wildman–Crippen LogP) is 3.21. The highest BCUT2D eigenvalue weighted by molar-refractivity contribution is 7.90. The van der Waals surface area contributed by atoms with Gasteiger partial charge in [0.05, 0.1) is 23.5 Å². The monoisotopic (exact) mass is 495 g/mol. The summed E-state index contributed by atoms with van der Waals surface area (Å²) < 4.78 is 30.9. The van der Waals surface area contributed by atoms with E-state index in [1.165, 1.54) is 24.5 Å². The summed E-state index contributed by atoms with van der Waals surface area (Å²) in [5.74, 6) is -0.695. The zero-order chi connectivity index (χ0) is 24.8. The number of piperazine rings is 1. The maximum Gasteiger partial charge on any atom is 0.289 e. The number of carbonyl (C=O) groups is 2.